The first-order chi connectivity index (χ1) is 11.4. The Labute approximate surface area is 137 Å². The average molecular weight is 331 g/mol. The summed E-state index contributed by atoms with van der Waals surface area (Å²) in [5.41, 5.74) is 1.32. The number of nitro groups is 1. The lowest BCUT2D eigenvalue weighted by Crippen LogP contribution is -2.47. The highest BCUT2D eigenvalue weighted by Crippen LogP contribution is 2.25. The summed E-state index contributed by atoms with van der Waals surface area (Å²) in [6.45, 7) is 4.36. The number of carboxylic acid groups (broad SMARTS) is 1. The highest BCUT2D eigenvalue weighted by molar-refractivity contribution is 5.73. The van der Waals surface area contributed by atoms with Gasteiger partial charge in [-0.15, -0.1) is 10.2 Å². The third-order valence-electron chi connectivity index (χ3n) is 4.43. The van der Waals surface area contributed by atoms with Gasteiger partial charge in [-0.3, -0.25) is 19.8 Å². The zero-order valence-electron chi connectivity index (χ0n) is 13.3. The lowest BCUT2D eigenvalue weighted by atomic mass is 10.0. The number of aryl methyl sites for hydroxylation is 1. The molecular formula is C15H17N5O4. The molecule has 2 heterocycles. The van der Waals surface area contributed by atoms with Crippen LogP contribution in [0.25, 0.3) is 0 Å². The standard InChI is InChI=1S/C15H17N5O4/c1-9-11(4-3-5-12(9)20(23)24)6-18-8-14-17-16-10(2)19(14)7-13(18)15(21)22/h3-5,13H,6-8H2,1-2H3,(H,21,22). The number of carboxylic acids is 1. The fraction of sp³-hybridized carbons (Fsp3) is 0.400. The van der Waals surface area contributed by atoms with Crippen LogP contribution >= 0.6 is 0 Å². The molecule has 24 heavy (non-hydrogen) atoms. The van der Waals surface area contributed by atoms with E-state index in [1.54, 1.807) is 35.4 Å². The van der Waals surface area contributed by atoms with E-state index in [9.17, 15) is 20.0 Å². The van der Waals surface area contributed by atoms with E-state index >= 15 is 0 Å². The Kier molecular flexibility index (Phi) is 4.02. The Balaban J connectivity index is 1.92. The summed E-state index contributed by atoms with van der Waals surface area (Å²) in [7, 11) is 0. The maximum Gasteiger partial charge on any atom is 0.322 e. The van der Waals surface area contributed by atoms with Gasteiger partial charge in [-0.05, 0) is 19.4 Å². The number of aromatic nitrogens is 3. The smallest absolute Gasteiger partial charge is 0.322 e. The summed E-state index contributed by atoms with van der Waals surface area (Å²) >= 11 is 0. The fourth-order valence-electron chi connectivity index (χ4n) is 3.02. The minimum absolute atomic E-state index is 0.0374. The molecule has 1 aromatic carbocycles. The normalized spacial score (nSPS) is 17.5. The molecule has 1 atom stereocenters. The van der Waals surface area contributed by atoms with Gasteiger partial charge < -0.3 is 9.67 Å². The molecule has 1 aliphatic rings. The minimum Gasteiger partial charge on any atom is -0.480 e. The summed E-state index contributed by atoms with van der Waals surface area (Å²) in [5.74, 6) is 0.451. The molecule has 0 spiro atoms. The van der Waals surface area contributed by atoms with Gasteiger partial charge in [-0.1, -0.05) is 12.1 Å². The van der Waals surface area contributed by atoms with Crippen molar-refractivity contribution in [1.29, 1.82) is 0 Å². The Morgan fingerprint density at radius 2 is 2.17 bits per heavy atom. The molecule has 0 saturated carbocycles. The molecule has 1 unspecified atom stereocenters. The number of carbonyl (C=O) groups is 1. The van der Waals surface area contributed by atoms with Crippen LogP contribution in [0.2, 0.25) is 0 Å². The second kappa shape index (κ2) is 6.00. The SMILES string of the molecule is Cc1c(CN2Cc3nnc(C)n3CC2C(=O)O)cccc1[N+](=O)[O-]. The number of nitrogens with zero attached hydrogens (tertiary/aromatic N) is 5. The highest BCUT2D eigenvalue weighted by atomic mass is 16.6. The van der Waals surface area contributed by atoms with Gasteiger partial charge in [0.25, 0.3) is 5.69 Å². The molecule has 1 aromatic heterocycles. The van der Waals surface area contributed by atoms with Crippen molar-refractivity contribution in [1.82, 2.24) is 19.7 Å². The Hall–Kier alpha value is -2.81. The molecule has 3 rings (SSSR count). The van der Waals surface area contributed by atoms with E-state index in [0.717, 1.165) is 5.56 Å². The first-order valence-corrected chi connectivity index (χ1v) is 7.47. The van der Waals surface area contributed by atoms with E-state index in [1.807, 2.05) is 0 Å². The molecule has 0 fully saturated rings. The zero-order chi connectivity index (χ0) is 17.4. The molecule has 9 nitrogen and oxygen atoms in total. The van der Waals surface area contributed by atoms with Crippen molar-refractivity contribution < 1.29 is 14.8 Å². The Bertz CT molecular complexity index is 816. The average Bonchev–Trinajstić information content (AvgIpc) is 2.88. The van der Waals surface area contributed by atoms with Crippen LogP contribution in [0, 0.1) is 24.0 Å². The number of aliphatic carboxylic acids is 1. The van der Waals surface area contributed by atoms with Gasteiger partial charge in [0, 0.05) is 18.2 Å². The van der Waals surface area contributed by atoms with Crippen LogP contribution in [-0.4, -0.2) is 41.7 Å². The predicted octanol–water partition coefficient (Wildman–Crippen LogP) is 1.27. The van der Waals surface area contributed by atoms with Crippen LogP contribution in [0.5, 0.6) is 0 Å². The third-order valence-corrected chi connectivity index (χ3v) is 4.43. The number of rotatable bonds is 4. The second-order valence-electron chi connectivity index (χ2n) is 5.85. The van der Waals surface area contributed by atoms with Crippen LogP contribution in [0.3, 0.4) is 0 Å². The molecule has 2 aromatic rings. The van der Waals surface area contributed by atoms with E-state index in [1.165, 1.54) is 6.07 Å². The summed E-state index contributed by atoms with van der Waals surface area (Å²) in [5, 5.41) is 28.7. The topological polar surface area (TPSA) is 114 Å². The van der Waals surface area contributed by atoms with Crippen LogP contribution in [0.1, 0.15) is 22.8 Å². The van der Waals surface area contributed by atoms with E-state index in [2.05, 4.69) is 10.2 Å². The van der Waals surface area contributed by atoms with Gasteiger partial charge in [0.2, 0.25) is 0 Å². The van der Waals surface area contributed by atoms with Crippen molar-refractivity contribution in [3.63, 3.8) is 0 Å². The predicted molar refractivity (Wildman–Crippen MR) is 83.3 cm³/mol. The zero-order valence-corrected chi connectivity index (χ0v) is 13.3. The molecule has 0 radical (unpaired) electrons. The number of benzene rings is 1. The van der Waals surface area contributed by atoms with Crippen molar-refractivity contribution in [2.24, 2.45) is 0 Å². The maximum absolute atomic E-state index is 11.7. The molecule has 1 aliphatic heterocycles. The van der Waals surface area contributed by atoms with Gasteiger partial charge in [0.05, 0.1) is 18.0 Å². The van der Waals surface area contributed by atoms with Crippen LogP contribution in [-0.2, 0) is 24.4 Å². The molecule has 0 saturated heterocycles. The molecule has 0 bridgehead atoms. The first kappa shape index (κ1) is 16.1. The van der Waals surface area contributed by atoms with E-state index < -0.39 is 16.9 Å². The summed E-state index contributed by atoms with van der Waals surface area (Å²) < 4.78 is 1.80. The van der Waals surface area contributed by atoms with Gasteiger partial charge >= 0.3 is 5.97 Å². The van der Waals surface area contributed by atoms with Crippen molar-refractivity contribution in [3.05, 3.63) is 51.1 Å². The quantitative estimate of drug-likeness (QED) is 0.662. The second-order valence-corrected chi connectivity index (χ2v) is 5.85. The van der Waals surface area contributed by atoms with Crippen molar-refractivity contribution >= 4 is 11.7 Å². The molecular weight excluding hydrogens is 314 g/mol. The number of fused-ring (bicyclic) bond motifs is 1. The lowest BCUT2D eigenvalue weighted by Gasteiger charge is -2.33. The number of nitro benzene ring substituents is 1. The largest absolute Gasteiger partial charge is 0.480 e. The number of hydrogen-bond acceptors (Lipinski definition) is 6. The van der Waals surface area contributed by atoms with Crippen LogP contribution in [0.4, 0.5) is 5.69 Å². The fourth-order valence-corrected chi connectivity index (χ4v) is 3.02. The van der Waals surface area contributed by atoms with Crippen LogP contribution in [0.15, 0.2) is 18.2 Å². The third kappa shape index (κ3) is 2.73. The molecule has 126 valence electrons. The molecule has 0 aliphatic carbocycles. The Morgan fingerprint density at radius 3 is 2.83 bits per heavy atom. The highest BCUT2D eigenvalue weighted by Gasteiger charge is 2.33. The molecule has 1 N–H and O–H groups in total. The molecule has 9 heteroatoms. The van der Waals surface area contributed by atoms with Gasteiger partial charge in [0.15, 0.2) is 0 Å². The van der Waals surface area contributed by atoms with Crippen molar-refractivity contribution in [2.45, 2.75) is 39.5 Å². The minimum atomic E-state index is -0.933. The van der Waals surface area contributed by atoms with Crippen molar-refractivity contribution in [3.8, 4) is 0 Å². The molecule has 0 amide bonds. The van der Waals surface area contributed by atoms with Gasteiger partial charge in [0.1, 0.15) is 17.7 Å². The van der Waals surface area contributed by atoms with E-state index in [0.29, 0.717) is 30.3 Å². The summed E-state index contributed by atoms with van der Waals surface area (Å²) in [6, 6.07) is 4.12. The monoisotopic (exact) mass is 331 g/mol. The van der Waals surface area contributed by atoms with Gasteiger partial charge in [-0.2, -0.15) is 0 Å². The summed E-state index contributed by atoms with van der Waals surface area (Å²) in [4.78, 5) is 24.1. The lowest BCUT2D eigenvalue weighted by molar-refractivity contribution is -0.385. The maximum atomic E-state index is 11.7. The Morgan fingerprint density at radius 1 is 1.42 bits per heavy atom. The van der Waals surface area contributed by atoms with E-state index in [-0.39, 0.29) is 12.2 Å². The van der Waals surface area contributed by atoms with Gasteiger partial charge in [-0.25, -0.2) is 0 Å². The van der Waals surface area contributed by atoms with E-state index in [4.69, 9.17) is 0 Å². The first-order valence-electron chi connectivity index (χ1n) is 7.47. The van der Waals surface area contributed by atoms with Crippen molar-refractivity contribution in [2.75, 3.05) is 0 Å². The number of hydrogen-bond donors (Lipinski definition) is 1. The van der Waals surface area contributed by atoms with Crippen LogP contribution < -0.4 is 0 Å². The summed E-state index contributed by atoms with van der Waals surface area (Å²) in [6.07, 6.45) is 0.